The highest BCUT2D eigenvalue weighted by Gasteiger charge is 2.19. The molecule has 0 fully saturated rings. The van der Waals surface area contributed by atoms with E-state index < -0.39 is 0 Å². The molecule has 0 aliphatic carbocycles. The lowest BCUT2D eigenvalue weighted by atomic mass is 10.1. The van der Waals surface area contributed by atoms with Gasteiger partial charge in [-0.05, 0) is 37.1 Å². The van der Waals surface area contributed by atoms with Gasteiger partial charge in [-0.25, -0.2) is 0 Å². The zero-order chi connectivity index (χ0) is 11.7. The van der Waals surface area contributed by atoms with Crippen LogP contribution < -0.4 is 9.47 Å². The molecule has 3 nitrogen and oxygen atoms in total. The number of thioether (sulfide) groups is 1. The van der Waals surface area contributed by atoms with E-state index in [1.807, 2.05) is 26.0 Å². The Hall–Kier alpha value is -1.16. The van der Waals surface area contributed by atoms with E-state index in [1.54, 1.807) is 6.92 Å². The van der Waals surface area contributed by atoms with Crippen LogP contribution in [0.25, 0.3) is 0 Å². The van der Waals surface area contributed by atoms with Crippen molar-refractivity contribution in [1.82, 2.24) is 0 Å². The topological polar surface area (TPSA) is 35.5 Å². The van der Waals surface area contributed by atoms with E-state index in [2.05, 4.69) is 0 Å². The van der Waals surface area contributed by atoms with E-state index in [1.165, 1.54) is 11.8 Å². The van der Waals surface area contributed by atoms with Crippen LogP contribution in [0.4, 0.5) is 0 Å². The lowest BCUT2D eigenvalue weighted by Gasteiger charge is -2.13. The standard InChI is InChI=1S/C12H14O3S/c1-7-4-11-12(15-6-14-11)5-10(7)8(2)16-9(3)13/h4-5,8H,6H2,1-3H3. The second-order valence-corrected chi connectivity index (χ2v) is 5.33. The Kier molecular flexibility index (Phi) is 3.10. The monoisotopic (exact) mass is 238 g/mol. The highest BCUT2D eigenvalue weighted by atomic mass is 32.2. The van der Waals surface area contributed by atoms with E-state index >= 15 is 0 Å². The van der Waals surface area contributed by atoms with Crippen molar-refractivity contribution in [2.75, 3.05) is 6.79 Å². The number of hydrogen-bond donors (Lipinski definition) is 0. The van der Waals surface area contributed by atoms with Crippen LogP contribution in [0.1, 0.15) is 30.2 Å². The summed E-state index contributed by atoms with van der Waals surface area (Å²) in [7, 11) is 0. The average Bonchev–Trinajstić information content (AvgIpc) is 2.61. The number of rotatable bonds is 2. The predicted molar refractivity (Wildman–Crippen MR) is 64.0 cm³/mol. The van der Waals surface area contributed by atoms with Crippen molar-refractivity contribution >= 4 is 16.9 Å². The first kappa shape index (κ1) is 11.3. The van der Waals surface area contributed by atoms with Gasteiger partial charge in [-0.3, -0.25) is 4.79 Å². The molecule has 0 saturated heterocycles. The second kappa shape index (κ2) is 4.37. The third-order valence-electron chi connectivity index (χ3n) is 2.54. The number of carbonyl (C=O) groups excluding carboxylic acids is 1. The van der Waals surface area contributed by atoms with Crippen LogP contribution in [-0.2, 0) is 4.79 Å². The van der Waals surface area contributed by atoms with Gasteiger partial charge in [0, 0.05) is 12.2 Å². The summed E-state index contributed by atoms with van der Waals surface area (Å²) >= 11 is 1.33. The van der Waals surface area contributed by atoms with Gasteiger partial charge in [0.15, 0.2) is 16.6 Å². The molecule has 1 aromatic rings. The first-order valence-electron chi connectivity index (χ1n) is 5.15. The van der Waals surface area contributed by atoms with Crippen LogP contribution in [0.15, 0.2) is 12.1 Å². The van der Waals surface area contributed by atoms with Gasteiger partial charge in [0.2, 0.25) is 6.79 Å². The van der Waals surface area contributed by atoms with Crippen LogP contribution in [0.5, 0.6) is 11.5 Å². The molecule has 2 rings (SSSR count). The number of carbonyl (C=O) groups is 1. The largest absolute Gasteiger partial charge is 0.454 e. The van der Waals surface area contributed by atoms with Gasteiger partial charge in [0.1, 0.15) is 0 Å². The molecule has 0 bridgehead atoms. The maximum absolute atomic E-state index is 11.1. The number of benzene rings is 1. The number of ether oxygens (including phenoxy) is 2. The van der Waals surface area contributed by atoms with E-state index in [0.29, 0.717) is 0 Å². The normalized spacial score (nSPS) is 14.9. The summed E-state index contributed by atoms with van der Waals surface area (Å²) in [5.41, 5.74) is 2.26. The van der Waals surface area contributed by atoms with Gasteiger partial charge in [0.05, 0.1) is 0 Å². The third kappa shape index (κ3) is 2.16. The summed E-state index contributed by atoms with van der Waals surface area (Å²) in [5.74, 6) is 1.57. The zero-order valence-corrected chi connectivity index (χ0v) is 10.4. The Morgan fingerprint density at radius 2 is 2.00 bits per heavy atom. The molecule has 1 unspecified atom stereocenters. The molecular formula is C12H14O3S. The van der Waals surface area contributed by atoms with Crippen molar-refractivity contribution in [2.24, 2.45) is 0 Å². The van der Waals surface area contributed by atoms with Gasteiger partial charge < -0.3 is 9.47 Å². The zero-order valence-electron chi connectivity index (χ0n) is 9.57. The molecule has 1 aliphatic heterocycles. The number of hydrogen-bond acceptors (Lipinski definition) is 4. The SMILES string of the molecule is CC(=O)SC(C)c1cc2c(cc1C)OCO2. The average molecular weight is 238 g/mol. The minimum atomic E-state index is 0.129. The summed E-state index contributed by atoms with van der Waals surface area (Å²) in [5, 5.41) is 0.275. The smallest absolute Gasteiger partial charge is 0.231 e. The summed E-state index contributed by atoms with van der Waals surface area (Å²) in [4.78, 5) is 11.1. The third-order valence-corrected chi connectivity index (χ3v) is 3.48. The summed E-state index contributed by atoms with van der Waals surface area (Å²) in [6.07, 6.45) is 0. The van der Waals surface area contributed by atoms with Gasteiger partial charge in [-0.1, -0.05) is 11.8 Å². The Bertz CT molecular complexity index is 429. The maximum Gasteiger partial charge on any atom is 0.231 e. The number of fused-ring (bicyclic) bond motifs is 1. The highest BCUT2D eigenvalue weighted by Crippen LogP contribution is 2.39. The van der Waals surface area contributed by atoms with Crippen molar-refractivity contribution in [1.29, 1.82) is 0 Å². The van der Waals surface area contributed by atoms with Gasteiger partial charge in [-0.2, -0.15) is 0 Å². The van der Waals surface area contributed by atoms with Crippen LogP contribution in [0.3, 0.4) is 0 Å². The van der Waals surface area contributed by atoms with Crippen molar-refractivity contribution in [2.45, 2.75) is 26.0 Å². The molecule has 4 heteroatoms. The molecule has 0 amide bonds. The summed E-state index contributed by atoms with van der Waals surface area (Å²) in [6.45, 7) is 5.92. The molecular weight excluding hydrogens is 224 g/mol. The van der Waals surface area contributed by atoms with E-state index in [4.69, 9.17) is 9.47 Å². The summed E-state index contributed by atoms with van der Waals surface area (Å²) in [6, 6.07) is 3.94. The van der Waals surface area contributed by atoms with Crippen molar-refractivity contribution in [3.8, 4) is 11.5 Å². The fraction of sp³-hybridized carbons (Fsp3) is 0.417. The molecule has 0 radical (unpaired) electrons. The van der Waals surface area contributed by atoms with Crippen LogP contribution in [0, 0.1) is 6.92 Å². The Labute approximate surface area is 99.1 Å². The lowest BCUT2D eigenvalue weighted by molar-refractivity contribution is -0.109. The van der Waals surface area contributed by atoms with E-state index in [0.717, 1.165) is 22.6 Å². The maximum atomic E-state index is 11.1. The Morgan fingerprint density at radius 3 is 2.62 bits per heavy atom. The molecule has 1 heterocycles. The molecule has 0 N–H and O–H groups in total. The van der Waals surface area contributed by atoms with E-state index in [-0.39, 0.29) is 17.2 Å². The Morgan fingerprint density at radius 1 is 1.38 bits per heavy atom. The second-order valence-electron chi connectivity index (χ2n) is 3.81. The molecule has 0 aromatic heterocycles. The molecule has 16 heavy (non-hydrogen) atoms. The molecule has 1 aliphatic rings. The van der Waals surface area contributed by atoms with Crippen molar-refractivity contribution in [3.63, 3.8) is 0 Å². The lowest BCUT2D eigenvalue weighted by Crippen LogP contribution is -1.96. The number of aryl methyl sites for hydroxylation is 1. The van der Waals surface area contributed by atoms with Crippen LogP contribution >= 0.6 is 11.8 Å². The molecule has 1 atom stereocenters. The van der Waals surface area contributed by atoms with Crippen molar-refractivity contribution in [3.05, 3.63) is 23.3 Å². The van der Waals surface area contributed by atoms with Crippen LogP contribution in [0.2, 0.25) is 0 Å². The van der Waals surface area contributed by atoms with Gasteiger partial charge >= 0.3 is 0 Å². The fourth-order valence-corrected chi connectivity index (χ4v) is 2.69. The molecule has 1 aromatic carbocycles. The quantitative estimate of drug-likeness (QED) is 0.793. The highest BCUT2D eigenvalue weighted by molar-refractivity contribution is 8.13. The van der Waals surface area contributed by atoms with Gasteiger partial charge in [-0.15, -0.1) is 0 Å². The first-order valence-corrected chi connectivity index (χ1v) is 6.03. The minimum absolute atomic E-state index is 0.129. The first-order chi connectivity index (χ1) is 7.58. The van der Waals surface area contributed by atoms with Crippen LogP contribution in [-0.4, -0.2) is 11.9 Å². The van der Waals surface area contributed by atoms with Crippen molar-refractivity contribution < 1.29 is 14.3 Å². The van der Waals surface area contributed by atoms with Gasteiger partial charge in [0.25, 0.3) is 0 Å². The molecule has 86 valence electrons. The molecule has 0 saturated carbocycles. The fourth-order valence-electron chi connectivity index (χ4n) is 1.81. The summed E-state index contributed by atoms with van der Waals surface area (Å²) < 4.78 is 10.6. The minimum Gasteiger partial charge on any atom is -0.454 e. The Balaban J connectivity index is 2.30. The molecule has 0 spiro atoms. The van der Waals surface area contributed by atoms with E-state index in [9.17, 15) is 4.79 Å². The predicted octanol–water partition coefficient (Wildman–Crippen LogP) is 3.06.